The monoisotopic (exact) mass is 236 g/mol. The summed E-state index contributed by atoms with van der Waals surface area (Å²) in [6, 6.07) is 6.29. The Balaban J connectivity index is 2.45. The van der Waals surface area contributed by atoms with Crippen molar-refractivity contribution >= 4 is 17.7 Å². The van der Waals surface area contributed by atoms with Gasteiger partial charge in [-0.25, -0.2) is 4.79 Å². The molecular formula is C12H12O5. The highest BCUT2D eigenvalue weighted by molar-refractivity contribution is 6.35. The molecule has 90 valence electrons. The van der Waals surface area contributed by atoms with Crippen molar-refractivity contribution in [1.82, 2.24) is 0 Å². The van der Waals surface area contributed by atoms with E-state index in [1.807, 2.05) is 0 Å². The molecule has 0 saturated carbocycles. The normalized spacial score (nSPS) is 9.71. The Kier molecular flexibility index (Phi) is 4.39. The average Bonchev–Trinajstić information content (AvgIpc) is 2.27. The van der Waals surface area contributed by atoms with Crippen LogP contribution in [-0.4, -0.2) is 22.8 Å². The van der Waals surface area contributed by atoms with Crippen LogP contribution in [0.1, 0.15) is 18.9 Å². The molecule has 0 saturated heterocycles. The fraction of sp³-hybridized carbons (Fsp3) is 0.250. The van der Waals surface area contributed by atoms with Gasteiger partial charge in [0.15, 0.2) is 0 Å². The van der Waals surface area contributed by atoms with Gasteiger partial charge in [0.05, 0.1) is 0 Å². The van der Waals surface area contributed by atoms with Crippen LogP contribution in [0.15, 0.2) is 24.3 Å². The van der Waals surface area contributed by atoms with Crippen LogP contribution in [0.5, 0.6) is 5.75 Å². The van der Waals surface area contributed by atoms with E-state index < -0.39 is 17.7 Å². The second-order valence-corrected chi connectivity index (χ2v) is 3.47. The summed E-state index contributed by atoms with van der Waals surface area (Å²) in [7, 11) is 0. The van der Waals surface area contributed by atoms with Gasteiger partial charge in [0.2, 0.25) is 5.78 Å². The number of esters is 2. The van der Waals surface area contributed by atoms with Crippen LogP contribution in [-0.2, 0) is 25.5 Å². The van der Waals surface area contributed by atoms with Crippen molar-refractivity contribution in [2.45, 2.75) is 19.8 Å². The number of aromatic hydroxyl groups is 1. The third kappa shape index (κ3) is 4.46. The highest BCUT2D eigenvalue weighted by Gasteiger charge is 2.16. The maximum Gasteiger partial charge on any atom is 0.382 e. The van der Waals surface area contributed by atoms with E-state index in [4.69, 9.17) is 5.11 Å². The van der Waals surface area contributed by atoms with Crippen molar-refractivity contribution in [2.24, 2.45) is 0 Å². The van der Waals surface area contributed by atoms with E-state index >= 15 is 0 Å². The molecule has 0 radical (unpaired) electrons. The number of carbonyl (C=O) groups excluding carboxylic acids is 3. The Morgan fingerprint density at radius 1 is 1.18 bits per heavy atom. The summed E-state index contributed by atoms with van der Waals surface area (Å²) in [5, 5.41) is 9.04. The average molecular weight is 236 g/mol. The third-order valence-corrected chi connectivity index (χ3v) is 2.04. The quantitative estimate of drug-likeness (QED) is 0.479. The van der Waals surface area contributed by atoms with E-state index in [-0.39, 0.29) is 12.2 Å². The number of phenolic OH excluding ortho intramolecular Hbond substituents is 1. The molecule has 0 heterocycles. The SMILES string of the molecule is CC(=O)OC(=O)C(=O)CCc1ccc(O)cc1. The summed E-state index contributed by atoms with van der Waals surface area (Å²) in [5.74, 6) is -2.53. The summed E-state index contributed by atoms with van der Waals surface area (Å²) in [5.41, 5.74) is 0.812. The van der Waals surface area contributed by atoms with E-state index in [0.29, 0.717) is 6.42 Å². The second-order valence-electron chi connectivity index (χ2n) is 3.47. The number of hydrogen-bond acceptors (Lipinski definition) is 5. The summed E-state index contributed by atoms with van der Waals surface area (Å²) in [6.45, 7) is 1.06. The molecule has 1 aromatic carbocycles. The largest absolute Gasteiger partial charge is 0.508 e. The number of ether oxygens (including phenoxy) is 1. The number of Topliss-reactive ketones (excluding diaryl/α,β-unsaturated/α-hetero) is 1. The number of aryl methyl sites for hydroxylation is 1. The molecule has 1 aromatic rings. The van der Waals surface area contributed by atoms with E-state index in [1.165, 1.54) is 12.1 Å². The predicted molar refractivity (Wildman–Crippen MR) is 58.2 cm³/mol. The maximum absolute atomic E-state index is 11.2. The number of rotatable bonds is 4. The molecule has 17 heavy (non-hydrogen) atoms. The van der Waals surface area contributed by atoms with Gasteiger partial charge in [-0.3, -0.25) is 9.59 Å². The first-order valence-electron chi connectivity index (χ1n) is 5.02. The molecule has 5 nitrogen and oxygen atoms in total. The van der Waals surface area contributed by atoms with E-state index in [0.717, 1.165) is 12.5 Å². The second kappa shape index (κ2) is 5.79. The summed E-state index contributed by atoms with van der Waals surface area (Å²) >= 11 is 0. The minimum atomic E-state index is -1.13. The highest BCUT2D eigenvalue weighted by atomic mass is 16.6. The van der Waals surface area contributed by atoms with Crippen LogP contribution in [0.2, 0.25) is 0 Å². The van der Waals surface area contributed by atoms with Gasteiger partial charge in [-0.2, -0.15) is 0 Å². The van der Waals surface area contributed by atoms with Crippen molar-refractivity contribution in [2.75, 3.05) is 0 Å². The smallest absolute Gasteiger partial charge is 0.382 e. The molecule has 0 aliphatic heterocycles. The van der Waals surface area contributed by atoms with E-state index in [9.17, 15) is 14.4 Å². The van der Waals surface area contributed by atoms with Gasteiger partial charge in [-0.1, -0.05) is 12.1 Å². The van der Waals surface area contributed by atoms with Crippen LogP contribution in [0.3, 0.4) is 0 Å². The lowest BCUT2D eigenvalue weighted by Crippen LogP contribution is -2.20. The maximum atomic E-state index is 11.2. The van der Waals surface area contributed by atoms with Crippen molar-refractivity contribution in [3.05, 3.63) is 29.8 Å². The van der Waals surface area contributed by atoms with Gasteiger partial charge in [0, 0.05) is 13.3 Å². The van der Waals surface area contributed by atoms with Crippen molar-refractivity contribution < 1.29 is 24.2 Å². The van der Waals surface area contributed by atoms with Gasteiger partial charge in [-0.15, -0.1) is 0 Å². The molecule has 0 spiro atoms. The van der Waals surface area contributed by atoms with Crippen LogP contribution >= 0.6 is 0 Å². The number of phenols is 1. The first-order valence-corrected chi connectivity index (χ1v) is 5.02. The minimum Gasteiger partial charge on any atom is -0.508 e. The molecule has 0 unspecified atom stereocenters. The van der Waals surface area contributed by atoms with Crippen molar-refractivity contribution in [1.29, 1.82) is 0 Å². The molecule has 1 rings (SSSR count). The number of benzene rings is 1. The fourth-order valence-corrected chi connectivity index (χ4v) is 1.21. The van der Waals surface area contributed by atoms with Gasteiger partial charge in [0.25, 0.3) is 0 Å². The lowest BCUT2D eigenvalue weighted by Gasteiger charge is -2.01. The fourth-order valence-electron chi connectivity index (χ4n) is 1.21. The predicted octanol–water partition coefficient (Wildman–Crippen LogP) is 0.984. The lowest BCUT2D eigenvalue weighted by molar-refractivity contribution is -0.163. The summed E-state index contributed by atoms with van der Waals surface area (Å²) < 4.78 is 4.15. The molecule has 0 aliphatic carbocycles. The summed E-state index contributed by atoms with van der Waals surface area (Å²) in [4.78, 5) is 32.7. The molecule has 0 amide bonds. The Labute approximate surface area is 98.0 Å². The van der Waals surface area contributed by atoms with Crippen molar-refractivity contribution in [3.8, 4) is 5.75 Å². The highest BCUT2D eigenvalue weighted by Crippen LogP contribution is 2.11. The molecule has 0 bridgehead atoms. The molecule has 5 heteroatoms. The van der Waals surface area contributed by atoms with Crippen LogP contribution in [0.4, 0.5) is 0 Å². The Hall–Kier alpha value is -2.17. The molecule has 0 aliphatic rings. The first-order chi connectivity index (χ1) is 7.99. The van der Waals surface area contributed by atoms with Crippen LogP contribution in [0.25, 0.3) is 0 Å². The van der Waals surface area contributed by atoms with Crippen LogP contribution < -0.4 is 0 Å². The lowest BCUT2D eigenvalue weighted by atomic mass is 10.1. The molecule has 1 N–H and O–H groups in total. The van der Waals surface area contributed by atoms with E-state index in [2.05, 4.69) is 4.74 Å². The molecular weight excluding hydrogens is 224 g/mol. The van der Waals surface area contributed by atoms with Gasteiger partial charge >= 0.3 is 11.9 Å². The first kappa shape index (κ1) is 12.9. The molecule has 0 aromatic heterocycles. The third-order valence-electron chi connectivity index (χ3n) is 2.04. The van der Waals surface area contributed by atoms with Gasteiger partial charge in [-0.05, 0) is 24.1 Å². The Bertz CT molecular complexity index is 433. The number of carbonyl (C=O) groups is 3. The number of hydrogen-bond donors (Lipinski definition) is 1. The zero-order valence-corrected chi connectivity index (χ0v) is 9.30. The van der Waals surface area contributed by atoms with Gasteiger partial charge in [0.1, 0.15) is 5.75 Å². The van der Waals surface area contributed by atoms with E-state index in [1.54, 1.807) is 12.1 Å². The topological polar surface area (TPSA) is 80.7 Å². The minimum absolute atomic E-state index is 0.0309. The Morgan fingerprint density at radius 3 is 2.29 bits per heavy atom. The molecule has 0 fully saturated rings. The zero-order chi connectivity index (χ0) is 12.8. The van der Waals surface area contributed by atoms with Crippen LogP contribution in [0, 0.1) is 0 Å². The Morgan fingerprint density at radius 2 is 1.76 bits per heavy atom. The summed E-state index contributed by atoms with van der Waals surface area (Å²) in [6.07, 6.45) is 0.322. The zero-order valence-electron chi connectivity index (χ0n) is 9.30. The van der Waals surface area contributed by atoms with Crippen molar-refractivity contribution in [3.63, 3.8) is 0 Å². The molecule has 0 atom stereocenters. The standard InChI is InChI=1S/C12H12O5/c1-8(13)17-12(16)11(15)7-4-9-2-5-10(14)6-3-9/h2-3,5-6,14H,4,7H2,1H3. The van der Waals surface area contributed by atoms with Gasteiger partial charge < -0.3 is 9.84 Å². The number of ketones is 1.